The molecule has 0 bridgehead atoms. The number of likely N-dealkylation sites (tertiary alicyclic amines) is 1. The monoisotopic (exact) mass is 240 g/mol. The number of ether oxygens (including phenoxy) is 1. The van der Waals surface area contributed by atoms with Crippen molar-refractivity contribution in [1.82, 2.24) is 10.2 Å². The Labute approximate surface area is 106 Å². The van der Waals surface area contributed by atoms with Crippen molar-refractivity contribution in [2.24, 2.45) is 5.92 Å². The summed E-state index contributed by atoms with van der Waals surface area (Å²) < 4.78 is 5.11. The molecule has 0 aromatic carbocycles. The zero-order valence-corrected chi connectivity index (χ0v) is 11.5. The molecule has 0 aromatic heterocycles. The highest BCUT2D eigenvalue weighted by Crippen LogP contribution is 2.20. The van der Waals surface area contributed by atoms with Crippen molar-refractivity contribution in [3.8, 4) is 0 Å². The van der Waals surface area contributed by atoms with E-state index in [1.807, 2.05) is 0 Å². The van der Waals surface area contributed by atoms with Gasteiger partial charge in [0.15, 0.2) is 0 Å². The van der Waals surface area contributed by atoms with Gasteiger partial charge in [0.25, 0.3) is 0 Å². The number of nitrogens with one attached hydrogen (secondary N) is 1. The van der Waals surface area contributed by atoms with Gasteiger partial charge >= 0.3 is 0 Å². The van der Waals surface area contributed by atoms with Crippen LogP contribution in [0, 0.1) is 5.92 Å². The molecular formula is C14H28N2O. The molecule has 0 aromatic rings. The molecule has 1 fully saturated rings. The summed E-state index contributed by atoms with van der Waals surface area (Å²) >= 11 is 0. The predicted molar refractivity (Wildman–Crippen MR) is 73.1 cm³/mol. The summed E-state index contributed by atoms with van der Waals surface area (Å²) in [5.41, 5.74) is 0. The number of hydrogen-bond donors (Lipinski definition) is 1. The first-order valence-electron chi connectivity index (χ1n) is 6.96. The highest BCUT2D eigenvalue weighted by Gasteiger charge is 2.22. The van der Waals surface area contributed by atoms with Crippen LogP contribution in [-0.2, 0) is 4.74 Å². The van der Waals surface area contributed by atoms with Gasteiger partial charge in [-0.15, -0.1) is 0 Å². The minimum atomic E-state index is 0.637. The minimum Gasteiger partial charge on any atom is -0.502 e. The summed E-state index contributed by atoms with van der Waals surface area (Å²) in [7, 11) is 0. The van der Waals surface area contributed by atoms with Crippen LogP contribution in [0.1, 0.15) is 33.1 Å². The molecule has 1 saturated heterocycles. The fourth-order valence-electron chi connectivity index (χ4n) is 2.50. The van der Waals surface area contributed by atoms with Gasteiger partial charge in [-0.3, -0.25) is 0 Å². The summed E-state index contributed by atoms with van der Waals surface area (Å²) in [4.78, 5) is 2.54. The molecule has 100 valence electrons. The zero-order valence-electron chi connectivity index (χ0n) is 11.5. The summed E-state index contributed by atoms with van der Waals surface area (Å²) in [5.74, 6) is 0.845. The SMILES string of the molecule is C=COCCCNC(C)C1CCN(CC)CC1. The maximum atomic E-state index is 5.11. The summed E-state index contributed by atoms with van der Waals surface area (Å²) in [6, 6.07) is 0.637. The van der Waals surface area contributed by atoms with E-state index < -0.39 is 0 Å². The van der Waals surface area contributed by atoms with Gasteiger partial charge in [0.1, 0.15) is 0 Å². The molecule has 1 rings (SSSR count). The van der Waals surface area contributed by atoms with E-state index in [-0.39, 0.29) is 0 Å². The van der Waals surface area contributed by atoms with Crippen LogP contribution >= 0.6 is 0 Å². The first-order valence-corrected chi connectivity index (χ1v) is 6.96. The molecule has 17 heavy (non-hydrogen) atoms. The van der Waals surface area contributed by atoms with E-state index in [2.05, 4.69) is 30.6 Å². The van der Waals surface area contributed by atoms with Crippen LogP contribution in [0.5, 0.6) is 0 Å². The molecule has 1 aliphatic rings. The van der Waals surface area contributed by atoms with Crippen LogP contribution in [0.15, 0.2) is 12.8 Å². The summed E-state index contributed by atoms with van der Waals surface area (Å²) in [5, 5.41) is 3.61. The Morgan fingerprint density at radius 1 is 1.47 bits per heavy atom. The molecule has 0 saturated carbocycles. The lowest BCUT2D eigenvalue weighted by molar-refractivity contribution is 0.167. The lowest BCUT2D eigenvalue weighted by Gasteiger charge is -2.34. The van der Waals surface area contributed by atoms with Crippen molar-refractivity contribution in [3.05, 3.63) is 12.8 Å². The van der Waals surface area contributed by atoms with Crippen LogP contribution in [0.25, 0.3) is 0 Å². The Bertz CT molecular complexity index is 200. The fourth-order valence-corrected chi connectivity index (χ4v) is 2.50. The van der Waals surface area contributed by atoms with Crippen molar-refractivity contribution in [3.63, 3.8) is 0 Å². The lowest BCUT2D eigenvalue weighted by atomic mass is 9.90. The van der Waals surface area contributed by atoms with Crippen LogP contribution in [-0.4, -0.2) is 43.7 Å². The van der Waals surface area contributed by atoms with Crippen LogP contribution in [0.2, 0.25) is 0 Å². The highest BCUT2D eigenvalue weighted by atomic mass is 16.5. The number of hydrogen-bond acceptors (Lipinski definition) is 3. The third-order valence-electron chi connectivity index (χ3n) is 3.81. The van der Waals surface area contributed by atoms with Gasteiger partial charge in [-0.1, -0.05) is 13.5 Å². The van der Waals surface area contributed by atoms with Crippen molar-refractivity contribution < 1.29 is 4.74 Å². The van der Waals surface area contributed by atoms with Crippen molar-refractivity contribution in [1.29, 1.82) is 0 Å². The van der Waals surface area contributed by atoms with E-state index in [0.29, 0.717) is 6.04 Å². The van der Waals surface area contributed by atoms with Crippen molar-refractivity contribution >= 4 is 0 Å². The first-order chi connectivity index (χ1) is 8.27. The Hall–Kier alpha value is -0.540. The third kappa shape index (κ3) is 5.55. The minimum absolute atomic E-state index is 0.637. The lowest BCUT2D eigenvalue weighted by Crippen LogP contribution is -2.42. The molecule has 0 amide bonds. The van der Waals surface area contributed by atoms with Gasteiger partial charge in [0.2, 0.25) is 0 Å². The second kappa shape index (κ2) is 8.54. The average Bonchev–Trinajstić information content (AvgIpc) is 2.38. The zero-order chi connectivity index (χ0) is 12.5. The number of nitrogens with zero attached hydrogens (tertiary/aromatic N) is 1. The quantitative estimate of drug-likeness (QED) is 0.520. The van der Waals surface area contributed by atoms with Gasteiger partial charge in [-0.25, -0.2) is 0 Å². The van der Waals surface area contributed by atoms with Crippen LogP contribution < -0.4 is 5.32 Å². The molecule has 1 aliphatic heterocycles. The number of rotatable bonds is 8. The topological polar surface area (TPSA) is 24.5 Å². The van der Waals surface area contributed by atoms with E-state index in [4.69, 9.17) is 4.74 Å². The maximum Gasteiger partial charge on any atom is 0.0885 e. The van der Waals surface area contributed by atoms with E-state index in [0.717, 1.165) is 25.5 Å². The largest absolute Gasteiger partial charge is 0.502 e. The predicted octanol–water partition coefficient (Wildman–Crippen LogP) is 2.25. The molecule has 3 nitrogen and oxygen atoms in total. The Morgan fingerprint density at radius 3 is 2.76 bits per heavy atom. The van der Waals surface area contributed by atoms with Crippen molar-refractivity contribution in [2.45, 2.75) is 39.2 Å². The Kier molecular flexibility index (Phi) is 7.29. The Balaban J connectivity index is 2.07. The molecule has 1 atom stereocenters. The molecule has 1 heterocycles. The standard InChI is InChI=1S/C14H28N2O/c1-4-16-10-7-14(8-11-16)13(3)15-9-6-12-17-5-2/h5,13-15H,2,4,6-12H2,1,3H3. The molecule has 0 radical (unpaired) electrons. The van der Waals surface area contributed by atoms with Crippen LogP contribution in [0.4, 0.5) is 0 Å². The molecule has 1 N–H and O–H groups in total. The van der Waals surface area contributed by atoms with Gasteiger partial charge in [0, 0.05) is 6.04 Å². The highest BCUT2D eigenvalue weighted by molar-refractivity contribution is 4.79. The maximum absolute atomic E-state index is 5.11. The smallest absolute Gasteiger partial charge is 0.0885 e. The van der Waals surface area contributed by atoms with E-state index >= 15 is 0 Å². The fraction of sp³-hybridized carbons (Fsp3) is 0.857. The van der Waals surface area contributed by atoms with Gasteiger partial charge in [-0.05, 0) is 58.3 Å². The average molecular weight is 240 g/mol. The van der Waals surface area contributed by atoms with Gasteiger partial charge < -0.3 is 15.0 Å². The Morgan fingerprint density at radius 2 is 2.18 bits per heavy atom. The second-order valence-corrected chi connectivity index (χ2v) is 4.91. The molecular weight excluding hydrogens is 212 g/mol. The van der Waals surface area contributed by atoms with Crippen LogP contribution in [0.3, 0.4) is 0 Å². The molecule has 3 heteroatoms. The molecule has 0 spiro atoms. The summed E-state index contributed by atoms with van der Waals surface area (Å²) in [6.07, 6.45) is 5.25. The molecule has 0 aliphatic carbocycles. The van der Waals surface area contributed by atoms with Gasteiger partial charge in [0.05, 0.1) is 12.9 Å². The van der Waals surface area contributed by atoms with Gasteiger partial charge in [-0.2, -0.15) is 0 Å². The first kappa shape index (κ1) is 14.5. The van der Waals surface area contributed by atoms with E-state index in [9.17, 15) is 0 Å². The van der Waals surface area contributed by atoms with Crippen molar-refractivity contribution in [2.75, 3.05) is 32.8 Å². The van der Waals surface area contributed by atoms with E-state index in [1.165, 1.54) is 38.7 Å². The normalized spacial score (nSPS) is 20.1. The third-order valence-corrected chi connectivity index (χ3v) is 3.81. The molecule has 1 unspecified atom stereocenters. The second-order valence-electron chi connectivity index (χ2n) is 4.91. The van der Waals surface area contributed by atoms with E-state index in [1.54, 1.807) is 0 Å². The summed E-state index contributed by atoms with van der Waals surface area (Å²) in [6.45, 7) is 13.7. The number of piperidine rings is 1.